The SMILES string of the molecule is O=C(CCCOc1cccc(Br)c1)NCCc1ccn(-c2ccccc2)n1. The fraction of sp³-hybridized carbons (Fsp3) is 0.238. The van der Waals surface area contributed by atoms with Crippen molar-refractivity contribution in [2.24, 2.45) is 0 Å². The van der Waals surface area contributed by atoms with Gasteiger partial charge >= 0.3 is 0 Å². The second-order valence-corrected chi connectivity index (χ2v) is 7.01. The van der Waals surface area contributed by atoms with E-state index in [0.29, 0.717) is 32.4 Å². The van der Waals surface area contributed by atoms with Gasteiger partial charge in [-0.3, -0.25) is 4.79 Å². The molecule has 0 unspecified atom stereocenters. The molecule has 5 nitrogen and oxygen atoms in total. The summed E-state index contributed by atoms with van der Waals surface area (Å²) in [6.07, 6.45) is 3.78. The maximum absolute atomic E-state index is 11.9. The molecule has 1 heterocycles. The zero-order valence-electron chi connectivity index (χ0n) is 15.0. The molecule has 0 atom stereocenters. The molecule has 0 saturated heterocycles. The number of ether oxygens (including phenoxy) is 1. The Kier molecular flexibility index (Phi) is 7.04. The van der Waals surface area contributed by atoms with Gasteiger partial charge in [-0.25, -0.2) is 4.68 Å². The highest BCUT2D eigenvalue weighted by molar-refractivity contribution is 9.10. The zero-order valence-corrected chi connectivity index (χ0v) is 16.6. The van der Waals surface area contributed by atoms with Crippen LogP contribution in [-0.2, 0) is 11.2 Å². The Labute approximate surface area is 167 Å². The summed E-state index contributed by atoms with van der Waals surface area (Å²) in [6.45, 7) is 1.10. The quantitative estimate of drug-likeness (QED) is 0.521. The van der Waals surface area contributed by atoms with Crippen molar-refractivity contribution < 1.29 is 9.53 Å². The van der Waals surface area contributed by atoms with Crippen LogP contribution in [0, 0.1) is 0 Å². The normalized spacial score (nSPS) is 10.6. The molecule has 0 aliphatic rings. The molecule has 0 bridgehead atoms. The van der Waals surface area contributed by atoms with Gasteiger partial charge in [0.25, 0.3) is 0 Å². The minimum atomic E-state index is 0.0373. The van der Waals surface area contributed by atoms with Crippen LogP contribution in [-0.4, -0.2) is 28.8 Å². The lowest BCUT2D eigenvalue weighted by atomic mass is 10.3. The molecule has 0 aliphatic carbocycles. The summed E-state index contributed by atoms with van der Waals surface area (Å²) in [5.41, 5.74) is 1.98. The Bertz CT molecular complexity index is 865. The lowest BCUT2D eigenvalue weighted by molar-refractivity contribution is -0.121. The van der Waals surface area contributed by atoms with Crippen molar-refractivity contribution in [2.45, 2.75) is 19.3 Å². The first-order valence-electron chi connectivity index (χ1n) is 8.96. The molecule has 6 heteroatoms. The summed E-state index contributed by atoms with van der Waals surface area (Å²) in [5.74, 6) is 0.842. The second kappa shape index (κ2) is 9.92. The van der Waals surface area contributed by atoms with Gasteiger partial charge < -0.3 is 10.1 Å². The number of rotatable bonds is 9. The number of para-hydroxylation sites is 1. The van der Waals surface area contributed by atoms with E-state index in [-0.39, 0.29) is 5.91 Å². The third-order valence-electron chi connectivity index (χ3n) is 3.98. The standard InChI is InChI=1S/C21H22BrN3O2/c22-17-6-4-9-20(16-17)27-15-5-10-21(26)23-13-11-18-12-14-25(24-18)19-7-2-1-3-8-19/h1-4,6-9,12,14,16H,5,10-11,13,15H2,(H,23,26). The van der Waals surface area contributed by atoms with E-state index in [1.54, 1.807) is 0 Å². The molecule has 3 aromatic rings. The van der Waals surface area contributed by atoms with E-state index in [9.17, 15) is 4.79 Å². The fourth-order valence-corrected chi connectivity index (χ4v) is 3.00. The molecule has 1 N–H and O–H groups in total. The lowest BCUT2D eigenvalue weighted by Crippen LogP contribution is -2.25. The van der Waals surface area contributed by atoms with E-state index < -0.39 is 0 Å². The highest BCUT2D eigenvalue weighted by Gasteiger charge is 2.04. The van der Waals surface area contributed by atoms with Gasteiger partial charge in [-0.2, -0.15) is 5.10 Å². The molecular weight excluding hydrogens is 406 g/mol. The van der Waals surface area contributed by atoms with Gasteiger partial charge in [-0.1, -0.05) is 40.2 Å². The van der Waals surface area contributed by atoms with Crippen molar-refractivity contribution in [1.82, 2.24) is 15.1 Å². The summed E-state index contributed by atoms with van der Waals surface area (Å²) in [7, 11) is 0. The molecule has 140 valence electrons. The number of nitrogens with one attached hydrogen (secondary N) is 1. The van der Waals surface area contributed by atoms with Crippen molar-refractivity contribution in [3.63, 3.8) is 0 Å². The summed E-state index contributed by atoms with van der Waals surface area (Å²) in [4.78, 5) is 11.9. The number of carbonyl (C=O) groups is 1. The molecule has 27 heavy (non-hydrogen) atoms. The molecule has 0 saturated carbocycles. The van der Waals surface area contributed by atoms with E-state index in [1.807, 2.05) is 71.5 Å². The van der Waals surface area contributed by atoms with Crippen molar-refractivity contribution in [1.29, 1.82) is 0 Å². The van der Waals surface area contributed by atoms with Crippen molar-refractivity contribution >= 4 is 21.8 Å². The molecule has 1 aromatic heterocycles. The number of halogens is 1. The van der Waals surface area contributed by atoms with Crippen LogP contribution in [0.4, 0.5) is 0 Å². The third kappa shape index (κ3) is 6.25. The van der Waals surface area contributed by atoms with E-state index in [0.717, 1.165) is 21.6 Å². The average molecular weight is 428 g/mol. The van der Waals surface area contributed by atoms with Crippen LogP contribution >= 0.6 is 15.9 Å². The van der Waals surface area contributed by atoms with Gasteiger partial charge in [0.1, 0.15) is 5.75 Å². The van der Waals surface area contributed by atoms with Crippen molar-refractivity contribution in [3.8, 4) is 11.4 Å². The average Bonchev–Trinajstić information content (AvgIpc) is 3.15. The Hall–Kier alpha value is -2.60. The number of amides is 1. The van der Waals surface area contributed by atoms with E-state index >= 15 is 0 Å². The van der Waals surface area contributed by atoms with Gasteiger partial charge in [0.15, 0.2) is 0 Å². The number of aromatic nitrogens is 2. The molecule has 3 rings (SSSR count). The Morgan fingerprint density at radius 3 is 2.78 bits per heavy atom. The monoisotopic (exact) mass is 427 g/mol. The molecular formula is C21H22BrN3O2. The zero-order chi connectivity index (χ0) is 18.9. The third-order valence-corrected chi connectivity index (χ3v) is 4.47. The smallest absolute Gasteiger partial charge is 0.220 e. The molecule has 0 radical (unpaired) electrons. The first kappa shape index (κ1) is 19.2. The van der Waals surface area contributed by atoms with Crippen LogP contribution in [0.2, 0.25) is 0 Å². The number of carbonyl (C=O) groups excluding carboxylic acids is 1. The topological polar surface area (TPSA) is 56.1 Å². The van der Waals surface area contributed by atoms with Gasteiger partial charge in [0, 0.05) is 30.1 Å². The van der Waals surface area contributed by atoms with Crippen molar-refractivity contribution in [2.75, 3.05) is 13.2 Å². The van der Waals surface area contributed by atoms with E-state index in [4.69, 9.17) is 4.74 Å². The Balaban J connectivity index is 1.32. The summed E-state index contributed by atoms with van der Waals surface area (Å²) < 4.78 is 8.46. The molecule has 0 fully saturated rings. The van der Waals surface area contributed by atoms with Gasteiger partial charge in [0.05, 0.1) is 18.0 Å². The van der Waals surface area contributed by atoms with Crippen molar-refractivity contribution in [3.05, 3.63) is 77.0 Å². The molecule has 1 amide bonds. The molecule has 2 aromatic carbocycles. The Morgan fingerprint density at radius 2 is 1.96 bits per heavy atom. The van der Waals surface area contributed by atoms with Gasteiger partial charge in [-0.15, -0.1) is 0 Å². The maximum Gasteiger partial charge on any atom is 0.220 e. The van der Waals surface area contributed by atoms with Crippen LogP contribution in [0.25, 0.3) is 5.69 Å². The van der Waals surface area contributed by atoms with Crippen LogP contribution in [0.1, 0.15) is 18.5 Å². The van der Waals surface area contributed by atoms with E-state index in [2.05, 4.69) is 26.3 Å². The highest BCUT2D eigenvalue weighted by Crippen LogP contribution is 2.17. The first-order valence-corrected chi connectivity index (χ1v) is 9.75. The largest absolute Gasteiger partial charge is 0.494 e. The van der Waals surface area contributed by atoms with Gasteiger partial charge in [0.2, 0.25) is 5.91 Å². The summed E-state index contributed by atoms with van der Waals surface area (Å²) >= 11 is 3.41. The number of benzene rings is 2. The van der Waals surface area contributed by atoms with Crippen LogP contribution < -0.4 is 10.1 Å². The van der Waals surface area contributed by atoms with Crippen LogP contribution in [0.5, 0.6) is 5.75 Å². The number of nitrogens with zero attached hydrogens (tertiary/aromatic N) is 2. The highest BCUT2D eigenvalue weighted by atomic mass is 79.9. The summed E-state index contributed by atoms with van der Waals surface area (Å²) in [5, 5.41) is 7.47. The molecule has 0 spiro atoms. The van der Waals surface area contributed by atoms with Crippen LogP contribution in [0.3, 0.4) is 0 Å². The number of hydrogen-bond donors (Lipinski definition) is 1. The first-order chi connectivity index (χ1) is 13.2. The lowest BCUT2D eigenvalue weighted by Gasteiger charge is -2.07. The number of hydrogen-bond acceptors (Lipinski definition) is 3. The predicted molar refractivity (Wildman–Crippen MR) is 109 cm³/mol. The predicted octanol–water partition coefficient (Wildman–Crippen LogP) is 4.15. The minimum Gasteiger partial charge on any atom is -0.494 e. The maximum atomic E-state index is 11.9. The Morgan fingerprint density at radius 1 is 1.11 bits per heavy atom. The van der Waals surface area contributed by atoms with E-state index in [1.165, 1.54) is 0 Å². The fourth-order valence-electron chi connectivity index (χ4n) is 2.62. The molecule has 0 aliphatic heterocycles. The minimum absolute atomic E-state index is 0.0373. The summed E-state index contributed by atoms with van der Waals surface area (Å²) in [6, 6.07) is 19.6. The second-order valence-electron chi connectivity index (χ2n) is 6.10. The van der Waals surface area contributed by atoms with Gasteiger partial charge in [-0.05, 0) is 42.8 Å². The van der Waals surface area contributed by atoms with Crippen LogP contribution in [0.15, 0.2) is 71.3 Å².